The van der Waals surface area contributed by atoms with Crippen molar-refractivity contribution in [3.05, 3.63) is 47.0 Å². The van der Waals surface area contributed by atoms with Gasteiger partial charge in [-0.25, -0.2) is 4.98 Å². The van der Waals surface area contributed by atoms with E-state index in [1.165, 1.54) is 54.0 Å². The molecule has 0 saturated heterocycles. The van der Waals surface area contributed by atoms with E-state index in [4.69, 9.17) is 4.98 Å². The second-order valence-electron chi connectivity index (χ2n) is 8.12. The van der Waals surface area contributed by atoms with E-state index < -0.39 is 0 Å². The van der Waals surface area contributed by atoms with Crippen LogP contribution in [0.5, 0.6) is 0 Å². The maximum atomic E-state index is 4.74. The van der Waals surface area contributed by atoms with E-state index in [2.05, 4.69) is 64.3 Å². The first kappa shape index (κ1) is 24.2. The monoisotopic (exact) mass is 406 g/mol. The van der Waals surface area contributed by atoms with Crippen LogP contribution < -0.4 is 4.72 Å². The van der Waals surface area contributed by atoms with Crippen molar-refractivity contribution in [3.63, 3.8) is 0 Å². The van der Waals surface area contributed by atoms with Crippen LogP contribution in [0.15, 0.2) is 37.1 Å². The van der Waals surface area contributed by atoms with Crippen molar-refractivity contribution in [1.29, 1.82) is 0 Å². The Morgan fingerprint density at radius 3 is 2.67 bits per heavy atom. The molecular formula is C23H38N2S2. The first-order valence-electron chi connectivity index (χ1n) is 10.2. The summed E-state index contributed by atoms with van der Waals surface area (Å²) in [5.41, 5.74) is 1.42. The fourth-order valence-electron chi connectivity index (χ4n) is 2.62. The number of thiazole rings is 1. The maximum Gasteiger partial charge on any atom is 0.0959 e. The van der Waals surface area contributed by atoms with Crippen LogP contribution in [0.1, 0.15) is 88.9 Å². The zero-order valence-corrected chi connectivity index (χ0v) is 19.5. The van der Waals surface area contributed by atoms with Crippen molar-refractivity contribution < 1.29 is 0 Å². The smallest absolute Gasteiger partial charge is 0.0959 e. The van der Waals surface area contributed by atoms with E-state index >= 15 is 0 Å². The van der Waals surface area contributed by atoms with Gasteiger partial charge in [0, 0.05) is 23.4 Å². The maximum absolute atomic E-state index is 4.74. The summed E-state index contributed by atoms with van der Waals surface area (Å²) < 4.78 is 3.50. The molecule has 27 heavy (non-hydrogen) atoms. The van der Waals surface area contributed by atoms with Crippen LogP contribution in [-0.4, -0.2) is 16.3 Å². The van der Waals surface area contributed by atoms with E-state index in [1.807, 2.05) is 23.5 Å². The normalized spacial score (nSPS) is 14.0. The van der Waals surface area contributed by atoms with E-state index in [0.29, 0.717) is 5.92 Å². The summed E-state index contributed by atoms with van der Waals surface area (Å²) >= 11 is 3.61. The number of hydrogen-bond acceptors (Lipinski definition) is 4. The van der Waals surface area contributed by atoms with Crippen LogP contribution in [0.25, 0.3) is 5.57 Å². The third kappa shape index (κ3) is 10.9. The molecule has 152 valence electrons. The molecule has 0 amide bonds. The molecule has 0 spiro atoms. The molecule has 1 N–H and O–H groups in total. The summed E-state index contributed by atoms with van der Waals surface area (Å²) in [4.78, 5) is 6.02. The standard InChI is InChI=1S/C23H38N2S2/c1-7-9-11-12-14-15-19(3)22-24-17-21(27-22)20(16-13-10-8-2)18-26-25-23(4,5)6/h8,10,13,16-17,19,25H,2,7,9,11-12,14-15,18H2,1,3-6H3/b13-10-,20-16+/t19-/m0/s1. The lowest BCUT2D eigenvalue weighted by Gasteiger charge is -2.19. The minimum absolute atomic E-state index is 0.109. The van der Waals surface area contributed by atoms with Crippen LogP contribution in [0.3, 0.4) is 0 Å². The predicted octanol–water partition coefficient (Wildman–Crippen LogP) is 7.77. The Morgan fingerprint density at radius 2 is 2.00 bits per heavy atom. The topological polar surface area (TPSA) is 24.9 Å². The molecule has 0 aromatic carbocycles. The third-order valence-electron chi connectivity index (χ3n) is 4.15. The molecule has 0 unspecified atom stereocenters. The molecule has 1 rings (SSSR count). The summed E-state index contributed by atoms with van der Waals surface area (Å²) in [6.07, 6.45) is 18.0. The molecular weight excluding hydrogens is 368 g/mol. The van der Waals surface area contributed by atoms with Gasteiger partial charge in [0.1, 0.15) is 0 Å². The second-order valence-corrected chi connectivity index (χ2v) is 9.96. The molecule has 0 radical (unpaired) electrons. The molecule has 2 nitrogen and oxygen atoms in total. The van der Waals surface area contributed by atoms with Gasteiger partial charge in [-0.05, 0) is 32.8 Å². The van der Waals surface area contributed by atoms with E-state index in [9.17, 15) is 0 Å². The molecule has 0 bridgehead atoms. The highest BCUT2D eigenvalue weighted by atomic mass is 32.2. The minimum Gasteiger partial charge on any atom is -0.259 e. The summed E-state index contributed by atoms with van der Waals surface area (Å²) in [6.45, 7) is 14.9. The Labute approximate surface area is 175 Å². The number of unbranched alkanes of at least 4 members (excludes halogenated alkanes) is 4. The predicted molar refractivity (Wildman–Crippen MR) is 127 cm³/mol. The molecule has 1 atom stereocenters. The Kier molecular flexibility index (Phi) is 12.0. The highest BCUT2D eigenvalue weighted by Crippen LogP contribution is 2.31. The van der Waals surface area contributed by atoms with Crippen LogP contribution >= 0.6 is 23.3 Å². The van der Waals surface area contributed by atoms with Crippen LogP contribution in [0, 0.1) is 0 Å². The largest absolute Gasteiger partial charge is 0.259 e. The highest BCUT2D eigenvalue weighted by Gasteiger charge is 2.14. The summed E-state index contributed by atoms with van der Waals surface area (Å²) in [6, 6.07) is 0. The van der Waals surface area contributed by atoms with Crippen LogP contribution in [-0.2, 0) is 0 Å². The Balaban J connectivity index is 2.69. The second kappa shape index (κ2) is 13.4. The highest BCUT2D eigenvalue weighted by molar-refractivity contribution is 7.97. The number of rotatable bonds is 13. The van der Waals surface area contributed by atoms with Crippen LogP contribution in [0.4, 0.5) is 0 Å². The van der Waals surface area contributed by atoms with Gasteiger partial charge in [-0.1, -0.05) is 88.8 Å². The summed E-state index contributed by atoms with van der Waals surface area (Å²) in [7, 11) is 0. The minimum atomic E-state index is 0.109. The van der Waals surface area contributed by atoms with Gasteiger partial charge in [-0.15, -0.1) is 11.3 Å². The van der Waals surface area contributed by atoms with E-state index in [-0.39, 0.29) is 5.54 Å². The van der Waals surface area contributed by atoms with Gasteiger partial charge in [0.25, 0.3) is 0 Å². The van der Waals surface area contributed by atoms with Crippen molar-refractivity contribution in [3.8, 4) is 0 Å². The molecule has 1 heterocycles. The van der Waals surface area contributed by atoms with Crippen LogP contribution in [0.2, 0.25) is 0 Å². The molecule has 0 aliphatic heterocycles. The average molecular weight is 407 g/mol. The van der Waals surface area contributed by atoms with Crippen molar-refractivity contribution in [2.75, 3.05) is 5.75 Å². The first-order chi connectivity index (χ1) is 12.9. The zero-order valence-electron chi connectivity index (χ0n) is 17.9. The van der Waals surface area contributed by atoms with Crippen molar-refractivity contribution in [1.82, 2.24) is 9.71 Å². The first-order valence-corrected chi connectivity index (χ1v) is 12.0. The van der Waals surface area contributed by atoms with Gasteiger partial charge < -0.3 is 0 Å². The molecule has 4 heteroatoms. The Hall–Kier alpha value is -0.840. The SMILES string of the molecule is C=C/C=C\C=C(/CSNC(C)(C)C)c1cnc([C@@H](C)CCCCCCC)s1. The van der Waals surface area contributed by atoms with Gasteiger partial charge >= 0.3 is 0 Å². The zero-order chi connectivity index (χ0) is 20.1. The summed E-state index contributed by atoms with van der Waals surface area (Å²) in [5, 5.41) is 1.27. The van der Waals surface area contributed by atoms with E-state index in [1.54, 1.807) is 11.9 Å². The van der Waals surface area contributed by atoms with Gasteiger partial charge in [0.2, 0.25) is 0 Å². The molecule has 0 saturated carbocycles. The molecule has 0 fully saturated rings. The van der Waals surface area contributed by atoms with Gasteiger partial charge in [0.05, 0.1) is 9.88 Å². The van der Waals surface area contributed by atoms with Gasteiger partial charge in [-0.3, -0.25) is 4.72 Å². The molecule has 0 aliphatic rings. The fourth-order valence-corrected chi connectivity index (χ4v) is 4.65. The van der Waals surface area contributed by atoms with Crippen molar-refractivity contribution in [2.45, 2.75) is 84.6 Å². The van der Waals surface area contributed by atoms with Crippen molar-refractivity contribution >= 4 is 28.9 Å². The summed E-state index contributed by atoms with van der Waals surface area (Å²) in [5.74, 6) is 1.47. The quantitative estimate of drug-likeness (QED) is 0.206. The van der Waals surface area contributed by atoms with Crippen molar-refractivity contribution in [2.24, 2.45) is 0 Å². The number of allylic oxidation sites excluding steroid dienone is 4. The lowest BCUT2D eigenvalue weighted by Crippen LogP contribution is -2.30. The molecule has 1 aromatic heterocycles. The number of nitrogens with one attached hydrogen (secondary N) is 1. The fraction of sp³-hybridized carbons (Fsp3) is 0.609. The lowest BCUT2D eigenvalue weighted by atomic mass is 10.0. The average Bonchev–Trinajstić information content (AvgIpc) is 3.09. The molecule has 1 aromatic rings. The lowest BCUT2D eigenvalue weighted by molar-refractivity contribution is 0.536. The van der Waals surface area contributed by atoms with Gasteiger partial charge in [0.15, 0.2) is 0 Å². The number of hydrogen-bond donors (Lipinski definition) is 1. The Morgan fingerprint density at radius 1 is 1.26 bits per heavy atom. The third-order valence-corrected chi connectivity index (χ3v) is 6.67. The van der Waals surface area contributed by atoms with Gasteiger partial charge in [-0.2, -0.15) is 0 Å². The van der Waals surface area contributed by atoms with E-state index in [0.717, 1.165) is 5.75 Å². The number of nitrogens with zero attached hydrogens (tertiary/aromatic N) is 1. The number of aromatic nitrogens is 1. The Bertz CT molecular complexity index is 594. The molecule has 0 aliphatic carbocycles.